The Morgan fingerprint density at radius 2 is 1.92 bits per heavy atom. The number of alkyl halides is 3. The number of hydrogen-bond donors (Lipinski definition) is 2. The summed E-state index contributed by atoms with van der Waals surface area (Å²) in [5.74, 6) is -0.967. The van der Waals surface area contributed by atoms with E-state index in [0.29, 0.717) is 17.1 Å². The zero-order valence-electron chi connectivity index (χ0n) is 18.7. The lowest BCUT2D eigenvalue weighted by Gasteiger charge is -2.10. The van der Waals surface area contributed by atoms with Crippen molar-refractivity contribution in [2.75, 3.05) is 5.32 Å². The highest BCUT2D eigenvalue weighted by Crippen LogP contribution is 2.43. The molecule has 0 spiro atoms. The number of amides is 2. The molecule has 0 fully saturated rings. The van der Waals surface area contributed by atoms with Crippen LogP contribution < -0.4 is 15.8 Å². The molecule has 0 aliphatic heterocycles. The van der Waals surface area contributed by atoms with Crippen LogP contribution in [-0.2, 0) is 12.9 Å². The van der Waals surface area contributed by atoms with E-state index in [1.807, 2.05) is 18.2 Å². The maximum absolute atomic E-state index is 13.5. The normalized spacial score (nSPS) is 11.5. The highest BCUT2D eigenvalue weighted by Gasteiger charge is 2.35. The van der Waals surface area contributed by atoms with Crippen LogP contribution in [0.15, 0.2) is 71.5 Å². The minimum atomic E-state index is -4.76. The van der Waals surface area contributed by atoms with Crippen LogP contribution in [0.25, 0.3) is 21.5 Å². The number of halogens is 3. The number of fused-ring (bicyclic) bond motifs is 1. The first-order chi connectivity index (χ1) is 17.7. The second-order valence-corrected chi connectivity index (χ2v) is 8.66. The molecule has 188 valence electrons. The molecule has 5 aromatic rings. The Hall–Kier alpha value is -4.65. The van der Waals surface area contributed by atoms with E-state index in [9.17, 15) is 22.8 Å². The Labute approximate surface area is 210 Å². The zero-order chi connectivity index (χ0) is 26.2. The number of nitrogens with zero attached hydrogens (tertiary/aromatic N) is 3. The van der Waals surface area contributed by atoms with Gasteiger partial charge in [-0.1, -0.05) is 18.2 Å². The van der Waals surface area contributed by atoms with Gasteiger partial charge in [0, 0.05) is 17.1 Å². The maximum Gasteiger partial charge on any atom is 0.433 e. The van der Waals surface area contributed by atoms with Gasteiger partial charge in [0.25, 0.3) is 11.8 Å². The van der Waals surface area contributed by atoms with Crippen molar-refractivity contribution in [2.24, 2.45) is 5.73 Å². The van der Waals surface area contributed by atoms with Crippen LogP contribution in [0.5, 0.6) is 5.75 Å². The number of aromatic nitrogens is 3. The number of primary amides is 1. The summed E-state index contributed by atoms with van der Waals surface area (Å²) in [5, 5.41) is 6.82. The predicted molar refractivity (Wildman–Crippen MR) is 128 cm³/mol. The average molecular weight is 527 g/mol. The number of carbonyl (C=O) groups excluding carboxylic acids is 2. The van der Waals surface area contributed by atoms with Gasteiger partial charge in [-0.15, -0.1) is 11.3 Å². The summed E-state index contributed by atoms with van der Waals surface area (Å²) in [6, 6.07) is 14.2. The number of rotatable bonds is 7. The Bertz CT molecular complexity index is 1590. The molecule has 37 heavy (non-hydrogen) atoms. The summed E-state index contributed by atoms with van der Waals surface area (Å²) in [5.41, 5.74) is 4.20. The second kappa shape index (κ2) is 9.43. The van der Waals surface area contributed by atoms with Crippen molar-refractivity contribution in [3.05, 3.63) is 83.3 Å². The van der Waals surface area contributed by atoms with Crippen LogP contribution in [0.2, 0.25) is 0 Å². The third kappa shape index (κ3) is 4.89. The van der Waals surface area contributed by atoms with E-state index < -0.39 is 23.7 Å². The van der Waals surface area contributed by atoms with Crippen LogP contribution >= 0.6 is 11.3 Å². The maximum atomic E-state index is 13.5. The van der Waals surface area contributed by atoms with E-state index in [-0.39, 0.29) is 44.5 Å². The fourth-order valence-electron chi connectivity index (χ4n) is 3.55. The minimum absolute atomic E-state index is 0.0110. The van der Waals surface area contributed by atoms with Gasteiger partial charge in [-0.05, 0) is 36.4 Å². The van der Waals surface area contributed by atoms with Gasteiger partial charge in [0.2, 0.25) is 0 Å². The second-order valence-electron chi connectivity index (χ2n) is 7.66. The number of benzene rings is 1. The van der Waals surface area contributed by atoms with Gasteiger partial charge in [-0.25, -0.2) is 9.67 Å². The third-order valence-corrected chi connectivity index (χ3v) is 6.28. The van der Waals surface area contributed by atoms with Crippen LogP contribution in [0, 0.1) is 0 Å². The largest absolute Gasteiger partial charge is 0.471 e. The highest BCUT2D eigenvalue weighted by molar-refractivity contribution is 7.21. The molecule has 0 atom stereocenters. The van der Waals surface area contributed by atoms with Gasteiger partial charge < -0.3 is 20.2 Å². The predicted octanol–water partition coefficient (Wildman–Crippen LogP) is 5.16. The summed E-state index contributed by atoms with van der Waals surface area (Å²) in [7, 11) is 0. The van der Waals surface area contributed by atoms with Gasteiger partial charge in [0.1, 0.15) is 26.9 Å². The van der Waals surface area contributed by atoms with Crippen molar-refractivity contribution >= 4 is 39.1 Å². The molecule has 0 radical (unpaired) electrons. The molecule has 4 aromatic heterocycles. The molecule has 3 N–H and O–H groups in total. The molecule has 0 bridgehead atoms. The summed E-state index contributed by atoms with van der Waals surface area (Å²) < 4.78 is 52.9. The molecule has 9 nitrogen and oxygen atoms in total. The molecule has 0 unspecified atom stereocenters. The number of para-hydroxylation sites is 1. The number of anilines is 1. The van der Waals surface area contributed by atoms with Gasteiger partial charge in [-0.2, -0.15) is 18.3 Å². The number of nitrogens with two attached hydrogens (primary N) is 1. The van der Waals surface area contributed by atoms with Crippen LogP contribution in [0.1, 0.15) is 25.9 Å². The molecule has 2 amide bonds. The molecule has 0 saturated carbocycles. The fraction of sp³-hybridized carbons (Fsp3) is 0.0833. The first-order valence-electron chi connectivity index (χ1n) is 10.6. The van der Waals surface area contributed by atoms with E-state index in [2.05, 4.69) is 15.4 Å². The molecule has 4 heterocycles. The van der Waals surface area contributed by atoms with Crippen molar-refractivity contribution in [3.8, 4) is 17.1 Å². The molecular weight excluding hydrogens is 511 g/mol. The number of pyridine rings is 1. The minimum Gasteiger partial charge on any atom is -0.471 e. The van der Waals surface area contributed by atoms with E-state index in [1.54, 1.807) is 12.1 Å². The van der Waals surface area contributed by atoms with Crippen molar-refractivity contribution in [2.45, 2.75) is 12.9 Å². The lowest BCUT2D eigenvalue weighted by atomic mass is 10.1. The van der Waals surface area contributed by atoms with E-state index in [4.69, 9.17) is 14.9 Å². The van der Waals surface area contributed by atoms with Gasteiger partial charge in [0.15, 0.2) is 12.4 Å². The summed E-state index contributed by atoms with van der Waals surface area (Å²) >= 11 is 0.634. The molecule has 5 rings (SSSR count). The van der Waals surface area contributed by atoms with Crippen LogP contribution in [0.3, 0.4) is 0 Å². The Balaban J connectivity index is 1.51. The van der Waals surface area contributed by atoms with Crippen molar-refractivity contribution in [3.63, 3.8) is 0 Å². The zero-order valence-corrected chi connectivity index (χ0v) is 19.5. The molecule has 0 aliphatic carbocycles. The Morgan fingerprint density at radius 3 is 2.59 bits per heavy atom. The monoisotopic (exact) mass is 527 g/mol. The topological polar surface area (TPSA) is 125 Å². The standard InChI is InChI=1S/C24H16F3N5O4S/c25-24(26,27)17-11-14(16-7-4-10-35-16)18-19(20(21(28)33)37-23(18)29-17)30-22(34)15-8-9-32(31-15)12-36-13-5-2-1-3-6-13/h1-11H,12H2,(H2,28,33)(H,30,34). The first kappa shape index (κ1) is 24.1. The van der Waals surface area contributed by atoms with Gasteiger partial charge in [0.05, 0.1) is 12.0 Å². The average Bonchev–Trinajstić information content (AvgIpc) is 3.62. The summed E-state index contributed by atoms with van der Waals surface area (Å²) in [4.78, 5) is 28.6. The smallest absolute Gasteiger partial charge is 0.433 e. The summed E-state index contributed by atoms with van der Waals surface area (Å²) in [6.45, 7) is 0.0258. The van der Waals surface area contributed by atoms with Gasteiger partial charge >= 0.3 is 6.18 Å². The number of hydrogen-bond acceptors (Lipinski definition) is 7. The quantitative estimate of drug-likeness (QED) is 0.301. The first-order valence-corrected chi connectivity index (χ1v) is 11.4. The van der Waals surface area contributed by atoms with Crippen LogP contribution in [0.4, 0.5) is 18.9 Å². The molecule has 13 heteroatoms. The highest BCUT2D eigenvalue weighted by atomic mass is 32.1. The molecule has 0 aliphatic rings. The van der Waals surface area contributed by atoms with Crippen LogP contribution in [-0.4, -0.2) is 26.6 Å². The lowest BCUT2D eigenvalue weighted by molar-refractivity contribution is -0.140. The van der Waals surface area contributed by atoms with Crippen molar-refractivity contribution < 1.29 is 31.9 Å². The van der Waals surface area contributed by atoms with Crippen molar-refractivity contribution in [1.29, 1.82) is 0 Å². The molecule has 0 saturated heterocycles. The lowest BCUT2D eigenvalue weighted by Crippen LogP contribution is -2.18. The molecule has 1 aromatic carbocycles. The number of carbonyl (C=O) groups is 2. The van der Waals surface area contributed by atoms with Gasteiger partial charge in [-0.3, -0.25) is 9.59 Å². The van der Waals surface area contributed by atoms with E-state index >= 15 is 0 Å². The number of ether oxygens (including phenoxy) is 1. The number of nitrogens with one attached hydrogen (secondary N) is 1. The van der Waals surface area contributed by atoms with E-state index in [0.717, 1.165) is 6.07 Å². The molecular formula is C24H16F3N5O4S. The fourth-order valence-corrected chi connectivity index (χ4v) is 4.56. The summed E-state index contributed by atoms with van der Waals surface area (Å²) in [6.07, 6.45) is -1.95. The Morgan fingerprint density at radius 1 is 1.14 bits per heavy atom. The van der Waals surface area contributed by atoms with E-state index in [1.165, 1.54) is 35.3 Å². The van der Waals surface area contributed by atoms with Crippen molar-refractivity contribution in [1.82, 2.24) is 14.8 Å². The number of thiophene rings is 1. The SMILES string of the molecule is NC(=O)c1sc2nc(C(F)(F)F)cc(-c3ccco3)c2c1NC(=O)c1ccn(COc2ccccc2)n1. The Kier molecular flexibility index (Phi) is 6.13. The number of furan rings is 1. The third-order valence-electron chi connectivity index (χ3n) is 5.18.